The molecule has 0 radical (unpaired) electrons. The highest BCUT2D eigenvalue weighted by Gasteiger charge is 2.28. The van der Waals surface area contributed by atoms with Gasteiger partial charge in [0.1, 0.15) is 6.54 Å². The third kappa shape index (κ3) is 1.90. The molecule has 0 N–H and O–H groups in total. The van der Waals surface area contributed by atoms with Crippen LogP contribution in [0.1, 0.15) is 0 Å². The van der Waals surface area contributed by atoms with Crippen LogP contribution < -0.4 is 5.69 Å². The predicted octanol–water partition coefficient (Wildman–Crippen LogP) is 0.749. The molecular weight excluding hydrogens is 173 g/mol. The van der Waals surface area contributed by atoms with Gasteiger partial charge in [-0.25, -0.2) is 4.79 Å². The largest absolute Gasteiger partial charge is 0.406 e. The first-order chi connectivity index (χ1) is 5.40. The second-order valence-electron chi connectivity index (χ2n) is 2.43. The van der Waals surface area contributed by atoms with Gasteiger partial charge in [-0.15, -0.1) is 0 Å². The van der Waals surface area contributed by atoms with Gasteiger partial charge < -0.3 is 4.57 Å². The SMILES string of the molecule is Cn1ccn(CC(F)(F)F)c1=O. The van der Waals surface area contributed by atoms with Gasteiger partial charge in [-0.05, 0) is 0 Å². The Kier molecular flexibility index (Phi) is 1.99. The van der Waals surface area contributed by atoms with Crippen LogP contribution in [-0.2, 0) is 13.6 Å². The molecule has 1 aromatic rings. The van der Waals surface area contributed by atoms with Gasteiger partial charge in [-0.2, -0.15) is 13.2 Å². The summed E-state index contributed by atoms with van der Waals surface area (Å²) in [7, 11) is 1.40. The molecule has 0 bridgehead atoms. The molecule has 6 heteroatoms. The quantitative estimate of drug-likeness (QED) is 0.626. The van der Waals surface area contributed by atoms with E-state index in [1.54, 1.807) is 0 Å². The normalized spacial score (nSPS) is 12.0. The smallest absolute Gasteiger partial charge is 0.302 e. The Balaban J connectivity index is 2.91. The third-order valence-corrected chi connectivity index (χ3v) is 1.37. The molecule has 0 saturated heterocycles. The van der Waals surface area contributed by atoms with Crippen molar-refractivity contribution in [2.45, 2.75) is 12.7 Å². The number of alkyl halides is 3. The van der Waals surface area contributed by atoms with Crippen molar-refractivity contribution < 1.29 is 13.2 Å². The highest BCUT2D eigenvalue weighted by Crippen LogP contribution is 2.15. The van der Waals surface area contributed by atoms with Crippen molar-refractivity contribution in [3.63, 3.8) is 0 Å². The highest BCUT2D eigenvalue weighted by atomic mass is 19.4. The lowest BCUT2D eigenvalue weighted by Gasteiger charge is -2.04. The Hall–Kier alpha value is -1.20. The van der Waals surface area contributed by atoms with Crippen LogP contribution in [0.15, 0.2) is 17.2 Å². The van der Waals surface area contributed by atoms with Crippen molar-refractivity contribution in [1.82, 2.24) is 9.13 Å². The molecule has 0 fully saturated rings. The average Bonchev–Trinajstić information content (AvgIpc) is 2.16. The van der Waals surface area contributed by atoms with Crippen molar-refractivity contribution in [1.29, 1.82) is 0 Å². The van der Waals surface area contributed by atoms with E-state index >= 15 is 0 Å². The minimum absolute atomic E-state index is 0.611. The van der Waals surface area contributed by atoms with Gasteiger partial charge in [0.05, 0.1) is 0 Å². The Morgan fingerprint density at radius 3 is 2.33 bits per heavy atom. The standard InChI is InChI=1S/C6H7F3N2O/c1-10-2-3-11(5(10)12)4-6(7,8)9/h2-3H,4H2,1H3. The van der Waals surface area contributed by atoms with E-state index in [1.807, 2.05) is 0 Å². The summed E-state index contributed by atoms with van der Waals surface area (Å²) in [5.41, 5.74) is -0.660. The third-order valence-electron chi connectivity index (χ3n) is 1.37. The fraction of sp³-hybridized carbons (Fsp3) is 0.500. The van der Waals surface area contributed by atoms with E-state index in [0.29, 0.717) is 4.57 Å². The molecule has 12 heavy (non-hydrogen) atoms. The van der Waals surface area contributed by atoms with E-state index in [-0.39, 0.29) is 0 Å². The minimum atomic E-state index is -4.34. The molecule has 0 unspecified atom stereocenters. The van der Waals surface area contributed by atoms with Crippen molar-refractivity contribution in [2.75, 3.05) is 0 Å². The number of rotatable bonds is 1. The van der Waals surface area contributed by atoms with Crippen molar-refractivity contribution in [3.05, 3.63) is 22.9 Å². The topological polar surface area (TPSA) is 26.9 Å². The van der Waals surface area contributed by atoms with E-state index in [0.717, 1.165) is 10.8 Å². The van der Waals surface area contributed by atoms with E-state index in [2.05, 4.69) is 0 Å². The van der Waals surface area contributed by atoms with Crippen LogP contribution in [0.25, 0.3) is 0 Å². The lowest BCUT2D eigenvalue weighted by molar-refractivity contribution is -0.141. The lowest BCUT2D eigenvalue weighted by atomic mass is 10.6. The molecule has 1 aromatic heterocycles. The summed E-state index contributed by atoms with van der Waals surface area (Å²) in [5, 5.41) is 0. The number of imidazole rings is 1. The summed E-state index contributed by atoms with van der Waals surface area (Å²) in [6.45, 7) is -1.23. The van der Waals surface area contributed by atoms with Crippen LogP contribution in [0.5, 0.6) is 0 Å². The second kappa shape index (κ2) is 2.69. The summed E-state index contributed by atoms with van der Waals surface area (Å²) >= 11 is 0. The maximum absolute atomic E-state index is 11.8. The summed E-state index contributed by atoms with van der Waals surface area (Å²) in [6.07, 6.45) is -1.95. The zero-order valence-electron chi connectivity index (χ0n) is 6.30. The van der Waals surface area contributed by atoms with Gasteiger partial charge in [-0.3, -0.25) is 4.57 Å². The molecule has 0 aromatic carbocycles. The van der Waals surface area contributed by atoms with Crippen LogP contribution in [0.2, 0.25) is 0 Å². The number of aryl methyl sites for hydroxylation is 1. The van der Waals surface area contributed by atoms with Gasteiger partial charge >= 0.3 is 11.9 Å². The predicted molar refractivity (Wildman–Crippen MR) is 35.7 cm³/mol. The van der Waals surface area contributed by atoms with Gasteiger partial charge in [-0.1, -0.05) is 0 Å². The average molecular weight is 180 g/mol. The van der Waals surface area contributed by atoms with E-state index in [9.17, 15) is 18.0 Å². The van der Waals surface area contributed by atoms with Crippen LogP contribution in [0.3, 0.4) is 0 Å². The fourth-order valence-electron chi connectivity index (χ4n) is 0.824. The molecule has 0 saturated carbocycles. The van der Waals surface area contributed by atoms with E-state index < -0.39 is 18.4 Å². The summed E-state index contributed by atoms with van der Waals surface area (Å²) in [5.74, 6) is 0. The molecule has 0 atom stereocenters. The summed E-state index contributed by atoms with van der Waals surface area (Å²) in [4.78, 5) is 10.9. The first-order valence-corrected chi connectivity index (χ1v) is 3.19. The van der Waals surface area contributed by atoms with Crippen molar-refractivity contribution >= 4 is 0 Å². The molecule has 1 rings (SSSR count). The Bertz CT molecular complexity index is 322. The summed E-state index contributed by atoms with van der Waals surface area (Å²) in [6, 6.07) is 0. The van der Waals surface area contributed by atoms with E-state index in [4.69, 9.17) is 0 Å². The molecule has 68 valence electrons. The van der Waals surface area contributed by atoms with Gasteiger partial charge in [0, 0.05) is 19.4 Å². The molecule has 0 spiro atoms. The molecule has 0 aliphatic heterocycles. The van der Waals surface area contributed by atoms with Crippen LogP contribution in [0.4, 0.5) is 13.2 Å². The van der Waals surface area contributed by atoms with Crippen LogP contribution in [0, 0.1) is 0 Å². The van der Waals surface area contributed by atoms with Crippen molar-refractivity contribution in [2.24, 2.45) is 7.05 Å². The minimum Gasteiger partial charge on any atom is -0.302 e. The Morgan fingerprint density at radius 2 is 2.00 bits per heavy atom. The molecular formula is C6H7F3N2O. The van der Waals surface area contributed by atoms with Gasteiger partial charge in [0.25, 0.3) is 0 Å². The number of halogens is 3. The molecule has 0 amide bonds. The molecule has 0 aliphatic rings. The fourth-order valence-corrected chi connectivity index (χ4v) is 0.824. The first-order valence-electron chi connectivity index (χ1n) is 3.19. The number of aromatic nitrogens is 2. The second-order valence-corrected chi connectivity index (χ2v) is 2.43. The maximum Gasteiger partial charge on any atom is 0.406 e. The Morgan fingerprint density at radius 1 is 1.42 bits per heavy atom. The molecule has 0 aliphatic carbocycles. The first kappa shape index (κ1) is 8.89. The number of hydrogen-bond acceptors (Lipinski definition) is 1. The zero-order valence-corrected chi connectivity index (χ0v) is 6.30. The molecule has 1 heterocycles. The zero-order chi connectivity index (χ0) is 9.35. The van der Waals surface area contributed by atoms with E-state index in [1.165, 1.54) is 13.2 Å². The van der Waals surface area contributed by atoms with Gasteiger partial charge in [0.15, 0.2) is 0 Å². The van der Waals surface area contributed by atoms with Crippen LogP contribution >= 0.6 is 0 Å². The maximum atomic E-state index is 11.8. The van der Waals surface area contributed by atoms with Crippen molar-refractivity contribution in [3.8, 4) is 0 Å². The monoisotopic (exact) mass is 180 g/mol. The van der Waals surface area contributed by atoms with Gasteiger partial charge in [0.2, 0.25) is 0 Å². The highest BCUT2D eigenvalue weighted by molar-refractivity contribution is 4.80. The lowest BCUT2D eigenvalue weighted by Crippen LogP contribution is -2.28. The molecule has 3 nitrogen and oxygen atoms in total. The number of nitrogens with zero attached hydrogens (tertiary/aromatic N) is 2. The summed E-state index contributed by atoms with van der Waals surface area (Å²) < 4.78 is 37.0. The number of hydrogen-bond donors (Lipinski definition) is 0. The van der Waals surface area contributed by atoms with Crippen LogP contribution in [-0.4, -0.2) is 15.3 Å². The Labute approximate surface area is 66.0 Å².